The molecule has 0 spiro atoms. The zero-order chi connectivity index (χ0) is 13.7. The summed E-state index contributed by atoms with van der Waals surface area (Å²) in [6.45, 7) is 2.66. The van der Waals surface area contributed by atoms with Gasteiger partial charge in [-0.2, -0.15) is 0 Å². The number of halogens is 1. The van der Waals surface area contributed by atoms with E-state index in [1.807, 2.05) is 0 Å². The van der Waals surface area contributed by atoms with Crippen LogP contribution in [-0.4, -0.2) is 18.5 Å². The van der Waals surface area contributed by atoms with E-state index in [9.17, 15) is 0 Å². The minimum atomic E-state index is 0.715. The Bertz CT molecular complexity index is 507. The highest BCUT2D eigenvalue weighted by atomic mass is 79.9. The van der Waals surface area contributed by atoms with Crippen molar-refractivity contribution >= 4 is 27.3 Å². The van der Waals surface area contributed by atoms with E-state index >= 15 is 0 Å². The minimum Gasteiger partial charge on any atom is -0.330 e. The molecule has 2 rings (SSSR count). The van der Waals surface area contributed by atoms with Crippen LogP contribution in [0.1, 0.15) is 16.7 Å². The van der Waals surface area contributed by atoms with Crippen LogP contribution in [0, 0.1) is 0 Å². The Kier molecular flexibility index (Phi) is 5.58. The maximum atomic E-state index is 5.56. The summed E-state index contributed by atoms with van der Waals surface area (Å²) in [5.74, 6) is 0. The molecule has 4 heteroatoms. The molecule has 0 aliphatic heterocycles. The van der Waals surface area contributed by atoms with Crippen LogP contribution in [-0.2, 0) is 19.5 Å². The molecule has 2 aromatic rings. The van der Waals surface area contributed by atoms with Gasteiger partial charge < -0.3 is 5.73 Å². The lowest BCUT2D eigenvalue weighted by Crippen LogP contribution is -2.16. The van der Waals surface area contributed by atoms with Gasteiger partial charge in [0.1, 0.15) is 0 Å². The molecule has 0 saturated heterocycles. The normalized spacial score (nSPS) is 11.2. The van der Waals surface area contributed by atoms with E-state index in [2.05, 4.69) is 63.6 Å². The topological polar surface area (TPSA) is 29.3 Å². The molecule has 2 N–H and O–H groups in total. The third-order valence-corrected chi connectivity index (χ3v) is 4.54. The largest absolute Gasteiger partial charge is 0.330 e. The highest BCUT2D eigenvalue weighted by molar-refractivity contribution is 9.11. The van der Waals surface area contributed by atoms with Crippen LogP contribution in [0.15, 0.2) is 39.5 Å². The van der Waals surface area contributed by atoms with Crippen molar-refractivity contribution in [1.29, 1.82) is 0 Å². The summed E-state index contributed by atoms with van der Waals surface area (Å²) in [5.41, 5.74) is 9.58. The molecule has 0 aliphatic carbocycles. The first-order valence-corrected chi connectivity index (χ1v) is 8.04. The van der Waals surface area contributed by atoms with Gasteiger partial charge in [0.15, 0.2) is 0 Å². The fourth-order valence-electron chi connectivity index (χ4n) is 2.09. The monoisotopic (exact) mass is 338 g/mol. The van der Waals surface area contributed by atoms with Crippen LogP contribution in [0.3, 0.4) is 0 Å². The van der Waals surface area contributed by atoms with Crippen molar-refractivity contribution in [2.24, 2.45) is 5.73 Å². The molecule has 1 aromatic carbocycles. The van der Waals surface area contributed by atoms with E-state index in [0.717, 1.165) is 19.5 Å². The van der Waals surface area contributed by atoms with Crippen molar-refractivity contribution in [1.82, 2.24) is 4.90 Å². The molecule has 19 heavy (non-hydrogen) atoms. The van der Waals surface area contributed by atoms with Gasteiger partial charge in [0.25, 0.3) is 0 Å². The summed E-state index contributed by atoms with van der Waals surface area (Å²) >= 11 is 5.24. The lowest BCUT2D eigenvalue weighted by molar-refractivity contribution is 0.319. The van der Waals surface area contributed by atoms with E-state index in [1.54, 1.807) is 11.3 Å². The van der Waals surface area contributed by atoms with Gasteiger partial charge in [0.05, 0.1) is 3.79 Å². The molecule has 0 fully saturated rings. The Balaban J connectivity index is 1.89. The number of benzene rings is 1. The zero-order valence-corrected chi connectivity index (χ0v) is 13.5. The van der Waals surface area contributed by atoms with E-state index in [-0.39, 0.29) is 0 Å². The minimum absolute atomic E-state index is 0.715. The molecule has 0 saturated carbocycles. The Hall–Kier alpha value is -0.680. The highest BCUT2D eigenvalue weighted by Gasteiger charge is 2.04. The second-order valence-corrected chi connectivity index (χ2v) is 7.08. The van der Waals surface area contributed by atoms with Crippen LogP contribution in [0.4, 0.5) is 0 Å². The summed E-state index contributed by atoms with van der Waals surface area (Å²) in [7, 11) is 2.15. The SMILES string of the molecule is CN(Cc1ccc(CCN)cc1)Cc1csc(Br)c1. The first kappa shape index (κ1) is 14.7. The number of thiophene rings is 1. The van der Waals surface area contributed by atoms with Gasteiger partial charge in [-0.25, -0.2) is 0 Å². The maximum absolute atomic E-state index is 5.56. The molecule has 0 bridgehead atoms. The summed E-state index contributed by atoms with van der Waals surface area (Å²) in [6.07, 6.45) is 0.957. The summed E-state index contributed by atoms with van der Waals surface area (Å²) in [4.78, 5) is 2.33. The van der Waals surface area contributed by atoms with E-state index < -0.39 is 0 Å². The lowest BCUT2D eigenvalue weighted by atomic mass is 10.1. The number of hydrogen-bond acceptors (Lipinski definition) is 3. The zero-order valence-electron chi connectivity index (χ0n) is 11.1. The first-order chi connectivity index (χ1) is 9.17. The Morgan fingerprint density at radius 3 is 2.32 bits per heavy atom. The molecule has 102 valence electrons. The van der Waals surface area contributed by atoms with Crippen molar-refractivity contribution in [2.75, 3.05) is 13.6 Å². The van der Waals surface area contributed by atoms with Crippen LogP contribution in [0.25, 0.3) is 0 Å². The molecule has 0 amide bonds. The average molecular weight is 339 g/mol. The predicted molar refractivity (Wildman–Crippen MR) is 86.4 cm³/mol. The molecular weight excluding hydrogens is 320 g/mol. The van der Waals surface area contributed by atoms with Gasteiger partial charge in [0.2, 0.25) is 0 Å². The fraction of sp³-hybridized carbons (Fsp3) is 0.333. The van der Waals surface area contributed by atoms with E-state index in [1.165, 1.54) is 20.5 Å². The van der Waals surface area contributed by atoms with Crippen LogP contribution in [0.5, 0.6) is 0 Å². The Morgan fingerprint density at radius 1 is 1.11 bits per heavy atom. The summed E-state index contributed by atoms with van der Waals surface area (Å²) < 4.78 is 1.20. The van der Waals surface area contributed by atoms with Crippen molar-refractivity contribution in [3.8, 4) is 0 Å². The van der Waals surface area contributed by atoms with E-state index in [0.29, 0.717) is 6.54 Å². The molecule has 0 atom stereocenters. The summed E-state index contributed by atoms with van der Waals surface area (Å²) in [5, 5.41) is 2.20. The fourth-order valence-corrected chi connectivity index (χ4v) is 3.29. The number of hydrogen-bond donors (Lipinski definition) is 1. The van der Waals surface area contributed by atoms with E-state index in [4.69, 9.17) is 5.73 Å². The quantitative estimate of drug-likeness (QED) is 0.871. The molecule has 0 aliphatic rings. The number of nitrogens with two attached hydrogens (primary N) is 1. The van der Waals surface area contributed by atoms with Crippen LogP contribution >= 0.6 is 27.3 Å². The standard InChI is InChI=1S/C15H19BrN2S/c1-18(10-14-8-15(16)19-11-14)9-13-4-2-12(3-5-13)6-7-17/h2-5,8,11H,6-7,9-10,17H2,1H3. The van der Waals surface area contributed by atoms with Crippen molar-refractivity contribution in [3.05, 3.63) is 56.2 Å². The smallest absolute Gasteiger partial charge is 0.0701 e. The molecule has 0 radical (unpaired) electrons. The van der Waals surface area contributed by atoms with Gasteiger partial charge in [-0.05, 0) is 64.1 Å². The van der Waals surface area contributed by atoms with Crippen LogP contribution < -0.4 is 5.73 Å². The predicted octanol–water partition coefficient (Wildman–Crippen LogP) is 3.64. The third kappa shape index (κ3) is 4.73. The Labute approximate surface area is 127 Å². The van der Waals surface area contributed by atoms with Crippen molar-refractivity contribution in [2.45, 2.75) is 19.5 Å². The molecule has 2 nitrogen and oxygen atoms in total. The number of rotatable bonds is 6. The van der Waals surface area contributed by atoms with Gasteiger partial charge >= 0.3 is 0 Å². The third-order valence-electron chi connectivity index (χ3n) is 2.98. The van der Waals surface area contributed by atoms with Crippen LogP contribution in [0.2, 0.25) is 0 Å². The Morgan fingerprint density at radius 2 is 1.74 bits per heavy atom. The first-order valence-electron chi connectivity index (χ1n) is 6.36. The highest BCUT2D eigenvalue weighted by Crippen LogP contribution is 2.21. The van der Waals surface area contributed by atoms with Gasteiger partial charge in [0, 0.05) is 13.1 Å². The lowest BCUT2D eigenvalue weighted by Gasteiger charge is -2.16. The van der Waals surface area contributed by atoms with Crippen molar-refractivity contribution in [3.63, 3.8) is 0 Å². The summed E-state index contributed by atoms with van der Waals surface area (Å²) in [6, 6.07) is 10.9. The average Bonchev–Trinajstić information content (AvgIpc) is 2.77. The molecule has 0 unspecified atom stereocenters. The van der Waals surface area contributed by atoms with Gasteiger partial charge in [-0.3, -0.25) is 4.90 Å². The maximum Gasteiger partial charge on any atom is 0.0701 e. The van der Waals surface area contributed by atoms with Gasteiger partial charge in [-0.1, -0.05) is 24.3 Å². The molecule has 1 heterocycles. The number of nitrogens with zero attached hydrogens (tertiary/aromatic N) is 1. The molecule has 1 aromatic heterocycles. The second kappa shape index (κ2) is 7.20. The molecular formula is C15H19BrN2S. The van der Waals surface area contributed by atoms with Gasteiger partial charge in [-0.15, -0.1) is 11.3 Å². The second-order valence-electron chi connectivity index (χ2n) is 4.79. The van der Waals surface area contributed by atoms with Crippen molar-refractivity contribution < 1.29 is 0 Å².